The number of carbonyl (C=O) groups excluding carboxylic acids is 3. The highest BCUT2D eigenvalue weighted by molar-refractivity contribution is 6.30. The van der Waals surface area contributed by atoms with Gasteiger partial charge in [-0.25, -0.2) is 0 Å². The number of benzene rings is 2. The molecule has 2 amide bonds. The monoisotopic (exact) mass is 418 g/mol. The zero-order valence-electron chi connectivity index (χ0n) is 16.2. The van der Waals surface area contributed by atoms with Gasteiger partial charge in [0.1, 0.15) is 12.3 Å². The molecule has 0 unspecified atom stereocenters. The standard InChI is InChI=1S/C21H23ClN2O5/c1-3-28-18-9-7-15(8-10-18)21(27)23-12-20(26)29-13-19(25)24-14(2)16-5-4-6-17(22)11-16/h4-11,14H,3,12-13H2,1-2H3,(H,23,27)(H,24,25)/t14-/m1/s1. The summed E-state index contributed by atoms with van der Waals surface area (Å²) in [5, 5.41) is 5.73. The predicted molar refractivity (Wildman–Crippen MR) is 109 cm³/mol. The predicted octanol–water partition coefficient (Wildman–Crippen LogP) is 2.89. The molecule has 2 aromatic rings. The van der Waals surface area contributed by atoms with Crippen molar-refractivity contribution in [2.24, 2.45) is 0 Å². The number of nitrogens with one attached hydrogen (secondary N) is 2. The molecule has 154 valence electrons. The molecule has 7 nitrogen and oxygen atoms in total. The minimum atomic E-state index is -0.713. The van der Waals surface area contributed by atoms with Crippen molar-refractivity contribution in [1.82, 2.24) is 10.6 Å². The molecule has 0 aliphatic heterocycles. The molecule has 0 bridgehead atoms. The second-order valence-corrected chi connectivity index (χ2v) is 6.58. The average molecular weight is 419 g/mol. The van der Waals surface area contributed by atoms with Crippen LogP contribution in [0.5, 0.6) is 5.75 Å². The Hall–Kier alpha value is -3.06. The van der Waals surface area contributed by atoms with Crippen LogP contribution in [0.3, 0.4) is 0 Å². The van der Waals surface area contributed by atoms with Gasteiger partial charge in [0, 0.05) is 10.6 Å². The third-order valence-corrected chi connectivity index (χ3v) is 4.15. The Morgan fingerprint density at radius 1 is 1.10 bits per heavy atom. The van der Waals surface area contributed by atoms with E-state index in [0.717, 1.165) is 5.56 Å². The number of carbonyl (C=O) groups is 3. The van der Waals surface area contributed by atoms with Gasteiger partial charge in [-0.3, -0.25) is 14.4 Å². The van der Waals surface area contributed by atoms with Crippen molar-refractivity contribution in [3.8, 4) is 5.75 Å². The van der Waals surface area contributed by atoms with E-state index in [9.17, 15) is 14.4 Å². The number of hydrogen-bond acceptors (Lipinski definition) is 5. The molecule has 0 saturated carbocycles. The van der Waals surface area contributed by atoms with Gasteiger partial charge >= 0.3 is 5.97 Å². The third kappa shape index (κ3) is 7.46. The molecule has 0 heterocycles. The van der Waals surface area contributed by atoms with E-state index in [-0.39, 0.29) is 12.6 Å². The molecule has 0 radical (unpaired) electrons. The first-order valence-corrected chi connectivity index (χ1v) is 9.48. The number of ether oxygens (including phenoxy) is 2. The molecule has 0 spiro atoms. The van der Waals surface area contributed by atoms with Crippen LogP contribution in [0.25, 0.3) is 0 Å². The van der Waals surface area contributed by atoms with E-state index in [4.69, 9.17) is 21.1 Å². The van der Waals surface area contributed by atoms with Gasteiger partial charge in [0.05, 0.1) is 12.6 Å². The highest BCUT2D eigenvalue weighted by atomic mass is 35.5. The molecule has 0 saturated heterocycles. The van der Waals surface area contributed by atoms with Crippen LogP contribution >= 0.6 is 11.6 Å². The van der Waals surface area contributed by atoms with Crippen molar-refractivity contribution in [3.05, 3.63) is 64.7 Å². The maximum Gasteiger partial charge on any atom is 0.325 e. The summed E-state index contributed by atoms with van der Waals surface area (Å²) in [6.45, 7) is 3.40. The van der Waals surface area contributed by atoms with Crippen LogP contribution in [-0.4, -0.2) is 37.5 Å². The van der Waals surface area contributed by atoms with Crippen molar-refractivity contribution in [1.29, 1.82) is 0 Å². The molecule has 8 heteroatoms. The Morgan fingerprint density at radius 3 is 2.48 bits per heavy atom. The first-order chi connectivity index (χ1) is 13.9. The van der Waals surface area contributed by atoms with E-state index in [1.807, 2.05) is 13.0 Å². The molecule has 2 rings (SSSR count). The van der Waals surface area contributed by atoms with Crippen molar-refractivity contribution < 1.29 is 23.9 Å². The molecule has 2 aromatic carbocycles. The first-order valence-electron chi connectivity index (χ1n) is 9.10. The third-order valence-electron chi connectivity index (χ3n) is 3.91. The molecule has 0 fully saturated rings. The van der Waals surface area contributed by atoms with Gasteiger partial charge in [0.15, 0.2) is 6.61 Å². The summed E-state index contributed by atoms with van der Waals surface area (Å²) in [5.41, 5.74) is 1.22. The van der Waals surface area contributed by atoms with Crippen molar-refractivity contribution in [2.75, 3.05) is 19.8 Å². The number of esters is 1. The quantitative estimate of drug-likeness (QED) is 0.611. The maximum absolute atomic E-state index is 12.0. The highest BCUT2D eigenvalue weighted by Gasteiger charge is 2.13. The van der Waals surface area contributed by atoms with Gasteiger partial charge in [-0.2, -0.15) is 0 Å². The molecule has 2 N–H and O–H groups in total. The van der Waals surface area contributed by atoms with Crippen molar-refractivity contribution >= 4 is 29.4 Å². The Bertz CT molecular complexity index is 854. The molecule has 0 aliphatic rings. The summed E-state index contributed by atoms with van der Waals surface area (Å²) in [6, 6.07) is 13.3. The fourth-order valence-electron chi connectivity index (χ4n) is 2.46. The molecule has 1 atom stereocenters. The Labute approximate surface area is 174 Å². The van der Waals surface area contributed by atoms with Gasteiger partial charge in [0.2, 0.25) is 0 Å². The van der Waals surface area contributed by atoms with Crippen LogP contribution in [0.2, 0.25) is 5.02 Å². The largest absolute Gasteiger partial charge is 0.494 e. The van der Waals surface area contributed by atoms with E-state index in [0.29, 0.717) is 22.9 Å². The number of halogens is 1. The van der Waals surface area contributed by atoms with E-state index in [1.165, 1.54) is 0 Å². The zero-order valence-corrected chi connectivity index (χ0v) is 17.0. The van der Waals surface area contributed by atoms with E-state index < -0.39 is 24.4 Å². The lowest BCUT2D eigenvalue weighted by atomic mass is 10.1. The Morgan fingerprint density at radius 2 is 1.83 bits per heavy atom. The van der Waals surface area contributed by atoms with E-state index >= 15 is 0 Å². The Kier molecular flexibility index (Phi) is 8.48. The van der Waals surface area contributed by atoms with Gasteiger partial charge in [0.25, 0.3) is 11.8 Å². The highest BCUT2D eigenvalue weighted by Crippen LogP contribution is 2.17. The van der Waals surface area contributed by atoms with E-state index in [1.54, 1.807) is 49.4 Å². The molecule has 29 heavy (non-hydrogen) atoms. The summed E-state index contributed by atoms with van der Waals surface area (Å²) in [4.78, 5) is 35.7. The van der Waals surface area contributed by atoms with Crippen molar-refractivity contribution in [2.45, 2.75) is 19.9 Å². The number of rotatable bonds is 9. The molecule has 0 aliphatic carbocycles. The number of hydrogen-bond donors (Lipinski definition) is 2. The molecular formula is C21H23ClN2O5. The summed E-state index contributed by atoms with van der Waals surface area (Å²) in [6.07, 6.45) is 0. The summed E-state index contributed by atoms with van der Waals surface area (Å²) in [5.74, 6) is -0.941. The van der Waals surface area contributed by atoms with Crippen LogP contribution in [0, 0.1) is 0 Å². The summed E-state index contributed by atoms with van der Waals surface area (Å²) >= 11 is 5.93. The smallest absolute Gasteiger partial charge is 0.325 e. The normalized spacial score (nSPS) is 11.3. The topological polar surface area (TPSA) is 93.7 Å². The van der Waals surface area contributed by atoms with Crippen LogP contribution < -0.4 is 15.4 Å². The molecular weight excluding hydrogens is 396 g/mol. The minimum absolute atomic E-state index is 0.292. The van der Waals surface area contributed by atoms with Gasteiger partial charge < -0.3 is 20.1 Å². The first kappa shape index (κ1) is 22.2. The lowest BCUT2D eigenvalue weighted by molar-refractivity contribution is -0.147. The van der Waals surface area contributed by atoms with Crippen LogP contribution in [0.4, 0.5) is 0 Å². The number of amides is 2. The van der Waals surface area contributed by atoms with Crippen LogP contribution in [0.15, 0.2) is 48.5 Å². The zero-order chi connectivity index (χ0) is 21.2. The lowest BCUT2D eigenvalue weighted by Crippen LogP contribution is -2.34. The maximum atomic E-state index is 12.0. The molecule has 0 aromatic heterocycles. The second-order valence-electron chi connectivity index (χ2n) is 6.14. The van der Waals surface area contributed by atoms with Gasteiger partial charge in [-0.05, 0) is 55.8 Å². The fraction of sp³-hybridized carbons (Fsp3) is 0.286. The minimum Gasteiger partial charge on any atom is -0.494 e. The van der Waals surface area contributed by atoms with Crippen LogP contribution in [0.1, 0.15) is 35.8 Å². The lowest BCUT2D eigenvalue weighted by Gasteiger charge is -2.14. The second kappa shape index (κ2) is 11.1. The van der Waals surface area contributed by atoms with E-state index in [2.05, 4.69) is 10.6 Å². The summed E-state index contributed by atoms with van der Waals surface area (Å²) in [7, 11) is 0. The van der Waals surface area contributed by atoms with Gasteiger partial charge in [-0.1, -0.05) is 23.7 Å². The summed E-state index contributed by atoms with van der Waals surface area (Å²) < 4.78 is 10.2. The fourth-order valence-corrected chi connectivity index (χ4v) is 2.66. The SMILES string of the molecule is CCOc1ccc(C(=O)NCC(=O)OCC(=O)N[C@H](C)c2cccc(Cl)c2)cc1. The average Bonchev–Trinajstić information content (AvgIpc) is 2.71. The Balaban J connectivity index is 1.72. The van der Waals surface area contributed by atoms with Crippen LogP contribution in [-0.2, 0) is 14.3 Å². The van der Waals surface area contributed by atoms with Gasteiger partial charge in [-0.15, -0.1) is 0 Å². The van der Waals surface area contributed by atoms with Crippen molar-refractivity contribution in [3.63, 3.8) is 0 Å².